The minimum atomic E-state index is -0.0914. The molecule has 2 aromatic heterocycles. The fraction of sp³-hybridized carbons (Fsp3) is 0.474. The van der Waals surface area contributed by atoms with E-state index in [9.17, 15) is 9.59 Å². The number of amides is 1. The van der Waals surface area contributed by atoms with Crippen LogP contribution in [0.1, 0.15) is 64.7 Å². The Kier molecular flexibility index (Phi) is 5.76. The number of carbonyl (C=O) groups is 2. The van der Waals surface area contributed by atoms with Crippen molar-refractivity contribution in [2.75, 3.05) is 0 Å². The first-order chi connectivity index (χ1) is 12.5. The monoisotopic (exact) mass is 372 g/mol. The van der Waals surface area contributed by atoms with E-state index < -0.39 is 0 Å². The Hall–Kier alpha value is -2.15. The van der Waals surface area contributed by atoms with Gasteiger partial charge in [-0.2, -0.15) is 0 Å². The summed E-state index contributed by atoms with van der Waals surface area (Å²) in [4.78, 5) is 35.9. The van der Waals surface area contributed by atoms with Gasteiger partial charge in [0.1, 0.15) is 0 Å². The van der Waals surface area contributed by atoms with Crippen molar-refractivity contribution in [2.24, 2.45) is 0 Å². The predicted molar refractivity (Wildman–Crippen MR) is 102 cm³/mol. The van der Waals surface area contributed by atoms with Crippen LogP contribution in [-0.4, -0.2) is 37.9 Å². The molecule has 0 radical (unpaired) electrons. The van der Waals surface area contributed by atoms with Crippen LogP contribution in [0.15, 0.2) is 23.6 Å². The van der Waals surface area contributed by atoms with E-state index in [1.54, 1.807) is 24.2 Å². The molecule has 1 aliphatic carbocycles. The maximum atomic E-state index is 12.7. The summed E-state index contributed by atoms with van der Waals surface area (Å²) < 4.78 is 0. The van der Waals surface area contributed by atoms with E-state index in [1.807, 2.05) is 19.9 Å². The van der Waals surface area contributed by atoms with Crippen LogP contribution in [-0.2, 0) is 0 Å². The van der Waals surface area contributed by atoms with Gasteiger partial charge in [-0.05, 0) is 51.2 Å². The van der Waals surface area contributed by atoms with Gasteiger partial charge in [0.05, 0.1) is 11.3 Å². The Morgan fingerprint density at radius 2 is 1.81 bits per heavy atom. The molecule has 2 heterocycles. The van der Waals surface area contributed by atoms with Gasteiger partial charge in [-0.3, -0.25) is 9.59 Å². The number of Topliss-reactive ketones (excluding diaryl/α,β-unsaturated/α-hetero) is 1. The van der Waals surface area contributed by atoms with Crippen molar-refractivity contribution >= 4 is 23.5 Å². The molecular formula is C19H24N4O2S. The lowest BCUT2D eigenvalue weighted by Gasteiger charge is -2.28. The van der Waals surface area contributed by atoms with E-state index >= 15 is 0 Å². The number of carbonyl (C=O) groups excluding carboxylic acids is 2. The molecule has 1 saturated carbocycles. The summed E-state index contributed by atoms with van der Waals surface area (Å²) in [5.41, 5.74) is 2.61. The number of aromatic amines is 1. The van der Waals surface area contributed by atoms with E-state index in [0.717, 1.165) is 42.1 Å². The molecule has 2 N–H and O–H groups in total. The maximum Gasteiger partial charge on any atom is 0.253 e. The third kappa shape index (κ3) is 4.15. The number of thioether (sulfide) groups is 1. The summed E-state index contributed by atoms with van der Waals surface area (Å²) in [5.74, 6) is -0.142. The zero-order chi connectivity index (χ0) is 18.7. The molecule has 2 aromatic rings. The number of ketones is 1. The summed E-state index contributed by atoms with van der Waals surface area (Å²) in [6, 6.07) is 1.99. The SMILES string of the molecule is CC(=O)c1[nH]c(C)c(C(=O)NC2CCC(Sc3ncccn3)CC2)c1C. The van der Waals surface area contributed by atoms with Crippen LogP contribution in [0, 0.1) is 13.8 Å². The van der Waals surface area contributed by atoms with Crippen LogP contribution in [0.25, 0.3) is 0 Å². The van der Waals surface area contributed by atoms with Crippen molar-refractivity contribution in [3.63, 3.8) is 0 Å². The van der Waals surface area contributed by atoms with Crippen molar-refractivity contribution in [3.8, 4) is 0 Å². The first-order valence-electron chi connectivity index (χ1n) is 8.90. The van der Waals surface area contributed by atoms with Crippen molar-refractivity contribution < 1.29 is 9.59 Å². The van der Waals surface area contributed by atoms with Gasteiger partial charge in [0.2, 0.25) is 0 Å². The maximum absolute atomic E-state index is 12.7. The predicted octanol–water partition coefficient (Wildman–Crippen LogP) is 3.46. The van der Waals surface area contributed by atoms with Crippen molar-refractivity contribution in [2.45, 2.75) is 62.9 Å². The van der Waals surface area contributed by atoms with Crippen LogP contribution >= 0.6 is 11.8 Å². The number of H-pyrrole nitrogens is 1. The smallest absolute Gasteiger partial charge is 0.253 e. The molecule has 7 heteroatoms. The fourth-order valence-corrected chi connectivity index (χ4v) is 4.57. The van der Waals surface area contributed by atoms with Crippen molar-refractivity contribution in [1.82, 2.24) is 20.3 Å². The molecule has 0 aliphatic heterocycles. The Bertz CT molecular complexity index is 795. The Labute approximate surface area is 157 Å². The minimum Gasteiger partial charge on any atom is -0.355 e. The van der Waals surface area contributed by atoms with Gasteiger partial charge in [-0.15, -0.1) is 0 Å². The molecule has 0 unspecified atom stereocenters. The number of hydrogen-bond acceptors (Lipinski definition) is 5. The molecule has 1 fully saturated rings. The number of aryl methyl sites for hydroxylation is 1. The number of aromatic nitrogens is 3. The van der Waals surface area contributed by atoms with E-state index in [0.29, 0.717) is 16.5 Å². The van der Waals surface area contributed by atoms with Crippen molar-refractivity contribution in [3.05, 3.63) is 41.0 Å². The van der Waals surface area contributed by atoms with Gasteiger partial charge in [0, 0.05) is 36.3 Å². The lowest BCUT2D eigenvalue weighted by atomic mass is 9.94. The Morgan fingerprint density at radius 1 is 1.15 bits per heavy atom. The highest BCUT2D eigenvalue weighted by Crippen LogP contribution is 2.32. The van der Waals surface area contributed by atoms with E-state index in [2.05, 4.69) is 20.3 Å². The zero-order valence-corrected chi connectivity index (χ0v) is 16.2. The number of hydrogen-bond donors (Lipinski definition) is 2. The highest BCUT2D eigenvalue weighted by Gasteiger charge is 2.26. The summed E-state index contributed by atoms with van der Waals surface area (Å²) in [7, 11) is 0. The van der Waals surface area contributed by atoms with Crippen LogP contribution in [0.3, 0.4) is 0 Å². The van der Waals surface area contributed by atoms with Gasteiger partial charge in [0.15, 0.2) is 10.9 Å². The van der Waals surface area contributed by atoms with E-state index in [1.165, 1.54) is 6.92 Å². The van der Waals surface area contributed by atoms with Gasteiger partial charge in [0.25, 0.3) is 5.91 Å². The highest BCUT2D eigenvalue weighted by molar-refractivity contribution is 7.99. The van der Waals surface area contributed by atoms with Crippen LogP contribution in [0.5, 0.6) is 0 Å². The minimum absolute atomic E-state index is 0.0506. The number of nitrogens with zero attached hydrogens (tertiary/aromatic N) is 2. The molecule has 0 atom stereocenters. The summed E-state index contributed by atoms with van der Waals surface area (Å²) in [6.45, 7) is 5.17. The number of rotatable bonds is 5. The largest absolute Gasteiger partial charge is 0.355 e. The van der Waals surface area contributed by atoms with Crippen molar-refractivity contribution in [1.29, 1.82) is 0 Å². The van der Waals surface area contributed by atoms with Crippen LogP contribution in [0.4, 0.5) is 0 Å². The van der Waals surface area contributed by atoms with E-state index in [-0.39, 0.29) is 17.7 Å². The lowest BCUT2D eigenvalue weighted by Crippen LogP contribution is -2.38. The number of nitrogens with one attached hydrogen (secondary N) is 2. The molecule has 0 aromatic carbocycles. The third-order valence-electron chi connectivity index (χ3n) is 4.84. The quantitative estimate of drug-likeness (QED) is 0.620. The molecule has 0 bridgehead atoms. The van der Waals surface area contributed by atoms with Gasteiger partial charge >= 0.3 is 0 Å². The molecule has 0 saturated heterocycles. The third-order valence-corrected chi connectivity index (χ3v) is 6.07. The van der Waals surface area contributed by atoms with Gasteiger partial charge in [-0.1, -0.05) is 11.8 Å². The second-order valence-electron chi connectivity index (χ2n) is 6.78. The molecule has 3 rings (SSSR count). The van der Waals surface area contributed by atoms with E-state index in [4.69, 9.17) is 0 Å². The molecule has 1 amide bonds. The molecule has 26 heavy (non-hydrogen) atoms. The molecule has 0 spiro atoms. The normalized spacial score (nSPS) is 20.0. The Morgan fingerprint density at radius 3 is 2.38 bits per heavy atom. The standard InChI is InChI=1S/C19H24N4O2S/c1-11-16(12(2)22-17(11)13(3)24)18(25)23-14-5-7-15(8-6-14)26-19-20-9-4-10-21-19/h4,9-10,14-15,22H,5-8H2,1-3H3,(H,23,25). The highest BCUT2D eigenvalue weighted by atomic mass is 32.2. The molecule has 6 nitrogen and oxygen atoms in total. The summed E-state index contributed by atoms with van der Waals surface area (Å²) in [6.07, 6.45) is 7.46. The second kappa shape index (κ2) is 8.03. The Balaban J connectivity index is 1.56. The van der Waals surface area contributed by atoms with Crippen LogP contribution in [0.2, 0.25) is 0 Å². The molecular weight excluding hydrogens is 348 g/mol. The summed E-state index contributed by atoms with van der Waals surface area (Å²) >= 11 is 1.72. The second-order valence-corrected chi connectivity index (χ2v) is 8.05. The fourth-order valence-electron chi connectivity index (χ4n) is 3.52. The van der Waals surface area contributed by atoms with Gasteiger partial charge < -0.3 is 10.3 Å². The van der Waals surface area contributed by atoms with Crippen LogP contribution < -0.4 is 5.32 Å². The zero-order valence-electron chi connectivity index (χ0n) is 15.3. The molecule has 138 valence electrons. The lowest BCUT2D eigenvalue weighted by molar-refractivity contribution is 0.0927. The topological polar surface area (TPSA) is 87.7 Å². The molecule has 1 aliphatic rings. The summed E-state index contributed by atoms with van der Waals surface area (Å²) in [5, 5.41) is 4.45. The first-order valence-corrected chi connectivity index (χ1v) is 9.78. The first kappa shape index (κ1) is 18.6. The average molecular weight is 372 g/mol. The average Bonchev–Trinajstić information content (AvgIpc) is 2.92. The van der Waals surface area contributed by atoms with Gasteiger partial charge in [-0.25, -0.2) is 9.97 Å².